The van der Waals surface area contributed by atoms with Crippen LogP contribution in [-0.4, -0.2) is 33.6 Å². The molecule has 0 saturated heterocycles. The summed E-state index contributed by atoms with van der Waals surface area (Å²) in [7, 11) is 0. The molecule has 0 aliphatic rings. The molecule has 0 saturated carbocycles. The number of carbonyl (C=O) groups is 2. The van der Waals surface area contributed by atoms with Crippen LogP contribution in [0, 0.1) is 0 Å². The lowest BCUT2D eigenvalue weighted by molar-refractivity contribution is -0.136. The highest BCUT2D eigenvalue weighted by atomic mass is 16.6. The standard InChI is InChI=1S/C16H15N3O3.C3H6O2/c1-2-22-19-14(20)6-4-10-3-5-13-12(9-10)11-7-8-17-15(11)16(21)18-13;1-2-3(4)5/h3-9,17H,2H2,1H3,(H,18,21)(H,19,20);2H2,1H3,(H,4,5). The van der Waals surface area contributed by atoms with E-state index in [9.17, 15) is 14.4 Å². The van der Waals surface area contributed by atoms with Gasteiger partial charge in [-0.15, -0.1) is 0 Å². The maximum atomic E-state index is 11.9. The van der Waals surface area contributed by atoms with Crippen LogP contribution in [0.15, 0.2) is 41.3 Å². The normalized spacial score (nSPS) is 10.7. The second-order valence-electron chi connectivity index (χ2n) is 5.51. The Morgan fingerprint density at radius 3 is 2.63 bits per heavy atom. The van der Waals surface area contributed by atoms with E-state index in [1.165, 1.54) is 6.08 Å². The number of H-pyrrole nitrogens is 2. The zero-order valence-corrected chi connectivity index (χ0v) is 15.0. The zero-order valence-electron chi connectivity index (χ0n) is 15.0. The monoisotopic (exact) mass is 371 g/mol. The number of carboxylic acids is 1. The van der Waals surface area contributed by atoms with Crippen molar-refractivity contribution in [3.05, 3.63) is 52.5 Å². The number of benzene rings is 1. The number of aromatic nitrogens is 2. The van der Waals surface area contributed by atoms with E-state index in [0.29, 0.717) is 12.1 Å². The number of pyridine rings is 1. The third-order valence-corrected chi connectivity index (χ3v) is 3.60. The van der Waals surface area contributed by atoms with Crippen LogP contribution in [-0.2, 0) is 14.4 Å². The van der Waals surface area contributed by atoms with E-state index in [-0.39, 0.29) is 17.9 Å². The first kappa shape index (κ1) is 19.9. The van der Waals surface area contributed by atoms with Gasteiger partial charge in [0.1, 0.15) is 5.52 Å². The van der Waals surface area contributed by atoms with Gasteiger partial charge in [-0.1, -0.05) is 13.0 Å². The molecular weight excluding hydrogens is 350 g/mol. The van der Waals surface area contributed by atoms with Crippen molar-refractivity contribution in [1.29, 1.82) is 0 Å². The molecule has 0 aliphatic heterocycles. The zero-order chi connectivity index (χ0) is 19.8. The van der Waals surface area contributed by atoms with Gasteiger partial charge in [-0.05, 0) is 36.8 Å². The molecule has 0 spiro atoms. The summed E-state index contributed by atoms with van der Waals surface area (Å²) in [6.45, 7) is 3.80. The topological polar surface area (TPSA) is 124 Å². The van der Waals surface area contributed by atoms with Crippen LogP contribution >= 0.6 is 0 Å². The Morgan fingerprint density at radius 2 is 1.96 bits per heavy atom. The largest absolute Gasteiger partial charge is 0.481 e. The molecule has 0 atom stereocenters. The van der Waals surface area contributed by atoms with Crippen LogP contribution in [0.5, 0.6) is 0 Å². The Morgan fingerprint density at radius 1 is 1.22 bits per heavy atom. The van der Waals surface area contributed by atoms with Crippen molar-refractivity contribution >= 4 is 39.8 Å². The fourth-order valence-corrected chi connectivity index (χ4v) is 2.31. The van der Waals surface area contributed by atoms with Crippen LogP contribution in [0.2, 0.25) is 0 Å². The molecule has 8 nitrogen and oxygen atoms in total. The van der Waals surface area contributed by atoms with Gasteiger partial charge in [-0.25, -0.2) is 5.48 Å². The van der Waals surface area contributed by atoms with Gasteiger partial charge in [0, 0.05) is 35.0 Å². The number of hydroxylamine groups is 1. The Balaban J connectivity index is 0.000000465. The molecule has 0 aliphatic carbocycles. The first-order valence-corrected chi connectivity index (χ1v) is 8.41. The van der Waals surface area contributed by atoms with Crippen molar-refractivity contribution in [3.8, 4) is 0 Å². The second kappa shape index (κ2) is 9.35. The lowest BCUT2D eigenvalue weighted by atomic mass is 10.1. The number of hydrogen-bond acceptors (Lipinski definition) is 4. The van der Waals surface area contributed by atoms with Gasteiger partial charge in [0.25, 0.3) is 11.5 Å². The number of aromatic amines is 2. The van der Waals surface area contributed by atoms with Crippen LogP contribution < -0.4 is 11.0 Å². The molecule has 27 heavy (non-hydrogen) atoms. The predicted molar refractivity (Wildman–Crippen MR) is 103 cm³/mol. The highest BCUT2D eigenvalue weighted by Gasteiger charge is 2.06. The van der Waals surface area contributed by atoms with Gasteiger partial charge in [0.05, 0.1) is 6.61 Å². The van der Waals surface area contributed by atoms with Gasteiger partial charge in [0.15, 0.2) is 0 Å². The molecule has 0 radical (unpaired) electrons. The fraction of sp³-hybridized carbons (Fsp3) is 0.211. The smallest absolute Gasteiger partial charge is 0.303 e. The van der Waals surface area contributed by atoms with E-state index in [4.69, 9.17) is 9.94 Å². The number of carbonyl (C=O) groups excluding carboxylic acids is 1. The number of nitrogens with one attached hydrogen (secondary N) is 3. The van der Waals surface area contributed by atoms with Crippen LogP contribution in [0.4, 0.5) is 0 Å². The molecule has 1 aromatic carbocycles. The Hall–Kier alpha value is -3.39. The van der Waals surface area contributed by atoms with Crippen molar-refractivity contribution < 1.29 is 19.5 Å². The van der Waals surface area contributed by atoms with Gasteiger partial charge < -0.3 is 15.1 Å². The number of carboxylic acid groups (broad SMARTS) is 1. The molecule has 1 amide bonds. The minimum atomic E-state index is -0.745. The summed E-state index contributed by atoms with van der Waals surface area (Å²) < 4.78 is 0. The second-order valence-corrected chi connectivity index (χ2v) is 5.51. The van der Waals surface area contributed by atoms with Gasteiger partial charge in [-0.3, -0.25) is 19.2 Å². The minimum absolute atomic E-state index is 0.146. The molecular formula is C19H21N3O5. The summed E-state index contributed by atoms with van der Waals surface area (Å²) in [5.41, 5.74) is 4.30. The summed E-state index contributed by atoms with van der Waals surface area (Å²) >= 11 is 0. The van der Waals surface area contributed by atoms with E-state index < -0.39 is 5.97 Å². The maximum Gasteiger partial charge on any atom is 0.303 e. The molecule has 2 aromatic heterocycles. The molecule has 142 valence electrons. The molecule has 2 heterocycles. The highest BCUT2D eigenvalue weighted by molar-refractivity contribution is 6.05. The third kappa shape index (κ3) is 5.29. The van der Waals surface area contributed by atoms with Crippen LogP contribution in [0.25, 0.3) is 27.9 Å². The molecule has 0 bridgehead atoms. The van der Waals surface area contributed by atoms with Crippen molar-refractivity contribution in [2.45, 2.75) is 20.3 Å². The summed E-state index contributed by atoms with van der Waals surface area (Å²) in [5.74, 6) is -1.07. The maximum absolute atomic E-state index is 11.9. The number of amides is 1. The molecule has 0 fully saturated rings. The predicted octanol–water partition coefficient (Wildman–Crippen LogP) is 2.57. The number of fused-ring (bicyclic) bond motifs is 3. The van der Waals surface area contributed by atoms with Crippen molar-refractivity contribution in [3.63, 3.8) is 0 Å². The quantitative estimate of drug-likeness (QED) is 0.405. The van der Waals surface area contributed by atoms with Crippen molar-refractivity contribution in [2.75, 3.05) is 6.61 Å². The van der Waals surface area contributed by atoms with Gasteiger partial charge in [0.2, 0.25) is 0 Å². The van der Waals surface area contributed by atoms with Gasteiger partial charge >= 0.3 is 5.97 Å². The Bertz CT molecular complexity index is 1030. The lowest BCUT2D eigenvalue weighted by Gasteiger charge is -2.02. The molecule has 8 heteroatoms. The van der Waals surface area contributed by atoms with Crippen LogP contribution in [0.1, 0.15) is 25.8 Å². The molecule has 3 rings (SSSR count). The molecule has 4 N–H and O–H groups in total. The van der Waals surface area contributed by atoms with Crippen LogP contribution in [0.3, 0.4) is 0 Å². The Kier molecular flexibility index (Phi) is 6.90. The van der Waals surface area contributed by atoms with Crippen molar-refractivity contribution in [2.24, 2.45) is 0 Å². The average Bonchev–Trinajstić information content (AvgIpc) is 3.16. The fourth-order valence-electron chi connectivity index (χ4n) is 2.31. The van der Waals surface area contributed by atoms with E-state index in [1.807, 2.05) is 24.3 Å². The molecule has 3 aromatic rings. The lowest BCUT2D eigenvalue weighted by Crippen LogP contribution is -2.20. The summed E-state index contributed by atoms with van der Waals surface area (Å²) in [5, 5.41) is 9.50. The SMILES string of the molecule is CCC(=O)O.CCONC(=O)C=Cc1ccc2[nH]c(=O)c3[nH]ccc3c2c1. The first-order chi connectivity index (χ1) is 13.0. The number of hydrogen-bond donors (Lipinski definition) is 4. The number of rotatable bonds is 5. The highest BCUT2D eigenvalue weighted by Crippen LogP contribution is 2.22. The van der Waals surface area contributed by atoms with Crippen molar-refractivity contribution in [1.82, 2.24) is 15.4 Å². The van der Waals surface area contributed by atoms with E-state index in [0.717, 1.165) is 21.9 Å². The van der Waals surface area contributed by atoms with Gasteiger partial charge in [-0.2, -0.15) is 0 Å². The van der Waals surface area contributed by atoms with E-state index in [2.05, 4.69) is 15.4 Å². The average molecular weight is 371 g/mol. The molecule has 0 unspecified atom stereocenters. The Labute approximate surface area is 154 Å². The first-order valence-electron chi connectivity index (χ1n) is 8.41. The van der Waals surface area contributed by atoms with E-state index in [1.54, 1.807) is 26.1 Å². The summed E-state index contributed by atoms with van der Waals surface area (Å²) in [6.07, 6.45) is 5.05. The number of aliphatic carboxylic acids is 1. The van der Waals surface area contributed by atoms with E-state index >= 15 is 0 Å². The summed E-state index contributed by atoms with van der Waals surface area (Å²) in [6, 6.07) is 7.44. The minimum Gasteiger partial charge on any atom is -0.481 e. The summed E-state index contributed by atoms with van der Waals surface area (Å²) in [4.78, 5) is 43.3. The third-order valence-electron chi connectivity index (χ3n) is 3.60.